The van der Waals surface area contributed by atoms with Gasteiger partial charge >= 0.3 is 5.88 Å². The highest BCUT2D eigenvalue weighted by Crippen LogP contribution is 2.20. The van der Waals surface area contributed by atoms with Crippen LogP contribution in [0.15, 0.2) is 31.8 Å². The molecule has 2 heterocycles. The maximum absolute atomic E-state index is 10.4. The molecule has 0 aliphatic carbocycles. The standard InChI is InChI=1S/C8H5Br2N3O3/c9-6-3-7(10)12(11-6)4-5-1-2-8(16-5)13(14)15/h1-3H,4H2. The fraction of sp³-hybridized carbons (Fsp3) is 0.125. The Balaban J connectivity index is 2.20. The van der Waals surface area contributed by atoms with Crippen molar-refractivity contribution in [1.82, 2.24) is 9.78 Å². The highest BCUT2D eigenvalue weighted by molar-refractivity contribution is 9.11. The van der Waals surface area contributed by atoms with E-state index in [1.54, 1.807) is 16.8 Å². The van der Waals surface area contributed by atoms with Crippen LogP contribution in [-0.2, 0) is 6.54 Å². The normalized spacial score (nSPS) is 10.6. The minimum atomic E-state index is -0.572. The van der Waals surface area contributed by atoms with Crippen LogP contribution >= 0.6 is 31.9 Å². The first-order valence-corrected chi connectivity index (χ1v) is 5.77. The van der Waals surface area contributed by atoms with Crippen molar-refractivity contribution in [2.24, 2.45) is 0 Å². The van der Waals surface area contributed by atoms with Crippen LogP contribution in [0.5, 0.6) is 0 Å². The molecule has 0 spiro atoms. The monoisotopic (exact) mass is 349 g/mol. The Morgan fingerprint density at radius 1 is 1.50 bits per heavy atom. The summed E-state index contributed by atoms with van der Waals surface area (Å²) >= 11 is 6.53. The maximum Gasteiger partial charge on any atom is 0.433 e. The van der Waals surface area contributed by atoms with E-state index in [0.29, 0.717) is 16.9 Å². The van der Waals surface area contributed by atoms with Crippen LogP contribution < -0.4 is 0 Å². The molecule has 84 valence electrons. The van der Waals surface area contributed by atoms with Gasteiger partial charge in [-0.2, -0.15) is 5.10 Å². The summed E-state index contributed by atoms with van der Waals surface area (Å²) in [5.41, 5.74) is 0. The first-order valence-electron chi connectivity index (χ1n) is 4.18. The summed E-state index contributed by atoms with van der Waals surface area (Å²) in [4.78, 5) is 9.84. The zero-order valence-corrected chi connectivity index (χ0v) is 10.9. The van der Waals surface area contributed by atoms with Crippen molar-refractivity contribution in [3.63, 3.8) is 0 Å². The van der Waals surface area contributed by atoms with Crippen molar-refractivity contribution in [3.05, 3.63) is 43.3 Å². The van der Waals surface area contributed by atoms with Crippen molar-refractivity contribution in [3.8, 4) is 0 Å². The minimum Gasteiger partial charge on any atom is -0.404 e. The molecule has 2 rings (SSSR count). The average Bonchev–Trinajstić information content (AvgIpc) is 2.75. The fourth-order valence-corrected chi connectivity index (χ4v) is 2.31. The molecule has 0 aliphatic heterocycles. The molecule has 2 aromatic heterocycles. The van der Waals surface area contributed by atoms with Crippen LogP contribution in [0, 0.1) is 10.1 Å². The van der Waals surface area contributed by atoms with Gasteiger partial charge in [-0.1, -0.05) is 0 Å². The Labute approximate surface area is 107 Å². The van der Waals surface area contributed by atoms with Gasteiger partial charge < -0.3 is 4.42 Å². The SMILES string of the molecule is O=[N+]([O-])c1ccc(Cn2nc(Br)cc2Br)o1. The lowest BCUT2D eigenvalue weighted by Gasteiger charge is -1.98. The second-order valence-electron chi connectivity index (χ2n) is 2.94. The van der Waals surface area contributed by atoms with E-state index >= 15 is 0 Å². The Hall–Kier alpha value is -1.15. The molecule has 0 radical (unpaired) electrons. The fourth-order valence-electron chi connectivity index (χ4n) is 1.17. The van der Waals surface area contributed by atoms with Crippen LogP contribution in [0.4, 0.5) is 5.88 Å². The van der Waals surface area contributed by atoms with Gasteiger partial charge in [-0.3, -0.25) is 10.1 Å². The first kappa shape index (κ1) is 11.3. The van der Waals surface area contributed by atoms with Crippen molar-refractivity contribution < 1.29 is 9.34 Å². The molecule has 0 N–H and O–H groups in total. The predicted octanol–water partition coefficient (Wildman–Crippen LogP) is 2.96. The lowest BCUT2D eigenvalue weighted by molar-refractivity contribution is -0.402. The van der Waals surface area contributed by atoms with E-state index in [-0.39, 0.29) is 5.88 Å². The van der Waals surface area contributed by atoms with E-state index in [1.165, 1.54) is 6.07 Å². The molecule has 0 aliphatic rings. The highest BCUT2D eigenvalue weighted by Gasteiger charge is 2.13. The number of hydrogen-bond acceptors (Lipinski definition) is 4. The summed E-state index contributed by atoms with van der Waals surface area (Å²) in [5.74, 6) is 0.209. The number of halogens is 2. The highest BCUT2D eigenvalue weighted by atomic mass is 79.9. The molecule has 6 nitrogen and oxygen atoms in total. The molecule has 0 atom stereocenters. The Morgan fingerprint density at radius 3 is 2.75 bits per heavy atom. The van der Waals surface area contributed by atoms with Gasteiger partial charge in [-0.05, 0) is 37.9 Å². The van der Waals surface area contributed by atoms with Gasteiger partial charge in [-0.25, -0.2) is 4.68 Å². The quantitative estimate of drug-likeness (QED) is 0.630. The van der Waals surface area contributed by atoms with Crippen LogP contribution in [0.2, 0.25) is 0 Å². The summed E-state index contributed by atoms with van der Waals surface area (Å²) in [6.45, 7) is 0.333. The Morgan fingerprint density at radius 2 is 2.25 bits per heavy atom. The Kier molecular flexibility index (Phi) is 3.10. The lowest BCUT2D eigenvalue weighted by Crippen LogP contribution is -2.00. The van der Waals surface area contributed by atoms with Gasteiger partial charge in [0.1, 0.15) is 26.4 Å². The summed E-state index contributed by atoms with van der Waals surface area (Å²) in [6.07, 6.45) is 0. The van der Waals surface area contributed by atoms with Gasteiger partial charge in [0.2, 0.25) is 0 Å². The molecule has 0 amide bonds. The molecular weight excluding hydrogens is 346 g/mol. The molecule has 0 saturated heterocycles. The van der Waals surface area contributed by atoms with Crippen LogP contribution in [-0.4, -0.2) is 14.7 Å². The zero-order valence-electron chi connectivity index (χ0n) is 7.76. The third kappa shape index (κ3) is 2.33. The van der Waals surface area contributed by atoms with E-state index in [1.807, 2.05) is 0 Å². The van der Waals surface area contributed by atoms with E-state index in [2.05, 4.69) is 37.0 Å². The number of hydrogen-bond donors (Lipinski definition) is 0. The molecular formula is C8H5Br2N3O3. The van der Waals surface area contributed by atoms with E-state index < -0.39 is 4.92 Å². The van der Waals surface area contributed by atoms with E-state index in [4.69, 9.17) is 4.42 Å². The van der Waals surface area contributed by atoms with Gasteiger partial charge in [0, 0.05) is 6.07 Å². The number of rotatable bonds is 3. The Bertz CT molecular complexity index is 534. The van der Waals surface area contributed by atoms with Gasteiger partial charge in [0.25, 0.3) is 0 Å². The van der Waals surface area contributed by atoms with Crippen molar-refractivity contribution in [2.75, 3.05) is 0 Å². The van der Waals surface area contributed by atoms with Crippen LogP contribution in [0.3, 0.4) is 0 Å². The number of nitro groups is 1. The third-order valence-electron chi connectivity index (χ3n) is 1.83. The summed E-state index contributed by atoms with van der Waals surface area (Å²) in [5, 5.41) is 14.5. The number of aromatic nitrogens is 2. The topological polar surface area (TPSA) is 74.1 Å². The number of furan rings is 1. The lowest BCUT2D eigenvalue weighted by atomic mass is 10.4. The van der Waals surface area contributed by atoms with E-state index in [0.717, 1.165) is 4.60 Å². The van der Waals surface area contributed by atoms with Crippen LogP contribution in [0.1, 0.15) is 5.76 Å². The predicted molar refractivity (Wildman–Crippen MR) is 62.1 cm³/mol. The number of nitrogens with zero attached hydrogens (tertiary/aromatic N) is 3. The summed E-state index contributed by atoms with van der Waals surface area (Å²) in [6, 6.07) is 4.65. The molecule has 0 fully saturated rings. The summed E-state index contributed by atoms with van der Waals surface area (Å²) < 4.78 is 8.08. The average molecular weight is 351 g/mol. The van der Waals surface area contributed by atoms with Crippen LogP contribution in [0.25, 0.3) is 0 Å². The van der Waals surface area contributed by atoms with Crippen molar-refractivity contribution in [1.29, 1.82) is 0 Å². The molecule has 0 aromatic carbocycles. The molecule has 2 aromatic rings. The molecule has 0 saturated carbocycles. The minimum absolute atomic E-state index is 0.266. The largest absolute Gasteiger partial charge is 0.433 e. The molecule has 16 heavy (non-hydrogen) atoms. The summed E-state index contributed by atoms with van der Waals surface area (Å²) in [7, 11) is 0. The maximum atomic E-state index is 10.4. The van der Waals surface area contributed by atoms with Crippen molar-refractivity contribution in [2.45, 2.75) is 6.54 Å². The molecule has 8 heteroatoms. The van der Waals surface area contributed by atoms with Gasteiger partial charge in [0.05, 0.1) is 6.07 Å². The van der Waals surface area contributed by atoms with Gasteiger partial charge in [0.15, 0.2) is 0 Å². The zero-order chi connectivity index (χ0) is 11.7. The van der Waals surface area contributed by atoms with E-state index in [9.17, 15) is 10.1 Å². The third-order valence-corrected chi connectivity index (χ3v) is 2.86. The molecule has 0 bridgehead atoms. The molecule has 0 unspecified atom stereocenters. The second-order valence-corrected chi connectivity index (χ2v) is 4.57. The first-order chi connectivity index (χ1) is 7.56. The van der Waals surface area contributed by atoms with Crippen molar-refractivity contribution >= 4 is 37.7 Å². The smallest absolute Gasteiger partial charge is 0.404 e. The van der Waals surface area contributed by atoms with Gasteiger partial charge in [-0.15, -0.1) is 0 Å². The second kappa shape index (κ2) is 4.38.